The number of esters is 1. The molecule has 3 aromatic carbocycles. The number of aliphatic hydroxyl groups is 1. The van der Waals surface area contributed by atoms with Crippen molar-refractivity contribution in [1.82, 2.24) is 5.32 Å². The number of carbonyl (C=O) groups is 2. The maximum absolute atomic E-state index is 12.3. The summed E-state index contributed by atoms with van der Waals surface area (Å²) in [6.45, 7) is -0.661. The summed E-state index contributed by atoms with van der Waals surface area (Å²) in [6.07, 6.45) is 0. The molecule has 0 aromatic heterocycles. The van der Waals surface area contributed by atoms with Crippen molar-refractivity contribution < 1.29 is 40.8 Å². The van der Waals surface area contributed by atoms with Crippen molar-refractivity contribution in [2.24, 2.45) is 20.5 Å². The number of carbonyl (C=O) groups excluding carboxylic acids is 2. The summed E-state index contributed by atoms with van der Waals surface area (Å²) in [4.78, 5) is 23.6. The maximum atomic E-state index is 12.3. The van der Waals surface area contributed by atoms with Crippen molar-refractivity contribution in [3.8, 4) is 0 Å². The lowest BCUT2D eigenvalue weighted by Gasteiger charge is -2.10. The fraction of sp³-hybridized carbons (Fsp3) is 0.200. The van der Waals surface area contributed by atoms with Gasteiger partial charge in [-0.1, -0.05) is 12.1 Å². The van der Waals surface area contributed by atoms with E-state index < -0.39 is 54.8 Å². The van der Waals surface area contributed by atoms with Gasteiger partial charge in [0.2, 0.25) is 0 Å². The van der Waals surface area contributed by atoms with Gasteiger partial charge in [-0.3, -0.25) is 9.35 Å². The third-order valence-electron chi connectivity index (χ3n) is 5.67. The molecule has 43 heavy (non-hydrogen) atoms. The minimum absolute atomic E-state index is 0.0561. The van der Waals surface area contributed by atoms with Crippen LogP contribution in [0.4, 0.5) is 34.1 Å². The second-order valence-corrected chi connectivity index (χ2v) is 12.3. The summed E-state index contributed by atoms with van der Waals surface area (Å²) in [5, 5.41) is 27.0. The SMILES string of the molecule is COC(=O)c1ccccc1/N=N/c1c(N)c(/N=N/c2ccc(C(=O)NCCS(=O)(=O)CCO)cc2)cc(S(=O)(=O)O)c1N. The van der Waals surface area contributed by atoms with E-state index in [9.17, 15) is 31.0 Å². The number of nitrogen functional groups attached to an aromatic ring is 2. The van der Waals surface area contributed by atoms with Crippen molar-refractivity contribution >= 4 is 66.0 Å². The summed E-state index contributed by atoms with van der Waals surface area (Å²) in [6, 6.07) is 12.5. The first-order valence-corrected chi connectivity index (χ1v) is 15.4. The van der Waals surface area contributed by atoms with E-state index in [1.165, 1.54) is 43.5 Å². The van der Waals surface area contributed by atoms with Gasteiger partial charge in [0.25, 0.3) is 16.0 Å². The molecule has 0 heterocycles. The number of hydrogen-bond donors (Lipinski definition) is 5. The van der Waals surface area contributed by atoms with Crippen LogP contribution in [-0.2, 0) is 24.7 Å². The first-order valence-electron chi connectivity index (χ1n) is 12.2. The van der Waals surface area contributed by atoms with Gasteiger partial charge in [0.05, 0.1) is 47.8 Å². The maximum Gasteiger partial charge on any atom is 0.340 e. The highest BCUT2D eigenvalue weighted by Crippen LogP contribution is 2.43. The van der Waals surface area contributed by atoms with Crippen molar-refractivity contribution in [3.05, 3.63) is 65.7 Å². The average molecular weight is 634 g/mol. The van der Waals surface area contributed by atoms with E-state index in [4.69, 9.17) is 21.3 Å². The minimum atomic E-state index is -4.87. The molecule has 16 nitrogen and oxygen atoms in total. The molecule has 0 bridgehead atoms. The Morgan fingerprint density at radius 3 is 2.16 bits per heavy atom. The van der Waals surface area contributed by atoms with Gasteiger partial charge in [0.15, 0.2) is 9.84 Å². The largest absolute Gasteiger partial charge is 0.465 e. The summed E-state index contributed by atoms with van der Waals surface area (Å²) in [7, 11) is -7.19. The number of sulfone groups is 1. The zero-order valence-corrected chi connectivity index (χ0v) is 24.2. The van der Waals surface area contributed by atoms with Gasteiger partial charge < -0.3 is 26.6 Å². The van der Waals surface area contributed by atoms with Crippen molar-refractivity contribution in [2.45, 2.75) is 4.90 Å². The molecule has 1 amide bonds. The molecular formula is C25H27N7O9S2. The number of nitrogens with zero attached hydrogens (tertiary/aromatic N) is 4. The van der Waals surface area contributed by atoms with E-state index in [0.29, 0.717) is 0 Å². The third-order valence-corrected chi connectivity index (χ3v) is 8.19. The number of anilines is 2. The summed E-state index contributed by atoms with van der Waals surface area (Å²) >= 11 is 0. The molecule has 0 unspecified atom stereocenters. The lowest BCUT2D eigenvalue weighted by Crippen LogP contribution is -2.30. The highest BCUT2D eigenvalue weighted by molar-refractivity contribution is 7.91. The molecular weight excluding hydrogens is 606 g/mol. The quantitative estimate of drug-likeness (QED) is 0.0837. The highest BCUT2D eigenvalue weighted by atomic mass is 32.2. The van der Waals surface area contributed by atoms with E-state index in [1.807, 2.05) is 0 Å². The Morgan fingerprint density at radius 1 is 0.884 bits per heavy atom. The van der Waals surface area contributed by atoms with Crippen LogP contribution in [0.15, 0.2) is 79.9 Å². The van der Waals surface area contributed by atoms with Crippen LogP contribution < -0.4 is 16.8 Å². The molecule has 0 aliphatic carbocycles. The second-order valence-electron chi connectivity index (χ2n) is 8.63. The fourth-order valence-corrected chi connectivity index (χ4v) is 5.00. The predicted octanol–water partition coefficient (Wildman–Crippen LogP) is 2.85. The zero-order chi connectivity index (χ0) is 31.8. The van der Waals surface area contributed by atoms with Crippen molar-refractivity contribution in [2.75, 3.05) is 43.2 Å². The normalized spacial score (nSPS) is 12.1. The summed E-state index contributed by atoms with van der Waals surface area (Å²) in [5.41, 5.74) is 11.2. The van der Waals surface area contributed by atoms with Gasteiger partial charge in [-0.2, -0.15) is 13.5 Å². The van der Waals surface area contributed by atoms with E-state index in [2.05, 4.69) is 25.8 Å². The van der Waals surface area contributed by atoms with Gasteiger partial charge in [-0.25, -0.2) is 13.2 Å². The number of methoxy groups -OCH3 is 1. The number of ether oxygens (including phenoxy) is 1. The first kappa shape index (κ1) is 32.7. The van der Waals surface area contributed by atoms with Crippen LogP contribution in [0.2, 0.25) is 0 Å². The molecule has 0 spiro atoms. The Kier molecular flexibility index (Phi) is 10.6. The van der Waals surface area contributed by atoms with Crippen LogP contribution in [0.1, 0.15) is 20.7 Å². The highest BCUT2D eigenvalue weighted by Gasteiger charge is 2.23. The van der Waals surface area contributed by atoms with E-state index in [-0.39, 0.29) is 51.9 Å². The molecule has 0 aliphatic rings. The number of amides is 1. The molecule has 7 N–H and O–H groups in total. The molecule has 0 fully saturated rings. The lowest BCUT2D eigenvalue weighted by molar-refractivity contribution is 0.0601. The number of nitrogens with two attached hydrogens (primary N) is 2. The van der Waals surface area contributed by atoms with Crippen LogP contribution in [0.5, 0.6) is 0 Å². The number of azo groups is 2. The second kappa shape index (κ2) is 13.9. The van der Waals surface area contributed by atoms with E-state index in [0.717, 1.165) is 6.07 Å². The van der Waals surface area contributed by atoms with Gasteiger partial charge in [-0.05, 0) is 42.5 Å². The van der Waals surface area contributed by atoms with Crippen LogP contribution in [-0.4, -0.2) is 70.1 Å². The Labute approximate surface area is 246 Å². The topological polar surface area (TPSA) is 266 Å². The van der Waals surface area contributed by atoms with Gasteiger partial charge >= 0.3 is 5.97 Å². The Hall–Kier alpha value is -4.78. The molecule has 228 valence electrons. The number of rotatable bonds is 12. The molecule has 3 aromatic rings. The monoisotopic (exact) mass is 633 g/mol. The number of benzene rings is 3. The third kappa shape index (κ3) is 8.61. The van der Waals surface area contributed by atoms with Crippen LogP contribution >= 0.6 is 0 Å². The molecule has 0 saturated carbocycles. The molecule has 3 rings (SSSR count). The first-order chi connectivity index (χ1) is 20.3. The van der Waals surface area contributed by atoms with E-state index in [1.54, 1.807) is 12.1 Å². The molecule has 0 aliphatic heterocycles. The summed E-state index contributed by atoms with van der Waals surface area (Å²) in [5.74, 6) is -1.99. The van der Waals surface area contributed by atoms with Crippen LogP contribution in [0.3, 0.4) is 0 Å². The molecule has 0 saturated heterocycles. The minimum Gasteiger partial charge on any atom is -0.465 e. The fourth-order valence-electron chi connectivity index (χ4n) is 3.47. The molecule has 0 radical (unpaired) electrons. The predicted molar refractivity (Wildman–Crippen MR) is 156 cm³/mol. The summed E-state index contributed by atoms with van der Waals surface area (Å²) < 4.78 is 61.7. The van der Waals surface area contributed by atoms with Gasteiger partial charge in [-0.15, -0.1) is 15.3 Å². The Morgan fingerprint density at radius 2 is 1.53 bits per heavy atom. The Balaban J connectivity index is 1.89. The number of nitrogens with one attached hydrogen (secondary N) is 1. The van der Waals surface area contributed by atoms with Crippen molar-refractivity contribution in [3.63, 3.8) is 0 Å². The number of hydrogen-bond acceptors (Lipinski definition) is 14. The standard InChI is InChI=1S/C25H27N7O9S2/c1-41-25(35)17-4-2-3-5-18(17)30-32-23-21(26)19(14-20(22(23)27)43(38,39)40)31-29-16-8-6-15(7-9-16)24(34)28-10-12-42(36,37)13-11-33/h2-9,14,33H,10-13,26-27H2,1H3,(H,28,34)(H,38,39,40)/b31-29+,32-30+. The molecule has 18 heteroatoms. The number of aliphatic hydroxyl groups excluding tert-OH is 1. The van der Waals surface area contributed by atoms with Crippen molar-refractivity contribution in [1.29, 1.82) is 0 Å². The van der Waals surface area contributed by atoms with E-state index >= 15 is 0 Å². The van der Waals surface area contributed by atoms with Crippen LogP contribution in [0, 0.1) is 0 Å². The zero-order valence-electron chi connectivity index (χ0n) is 22.5. The smallest absolute Gasteiger partial charge is 0.340 e. The van der Waals surface area contributed by atoms with Gasteiger partial charge in [0.1, 0.15) is 22.0 Å². The van der Waals surface area contributed by atoms with Crippen LogP contribution in [0.25, 0.3) is 0 Å². The molecule has 0 atom stereocenters. The van der Waals surface area contributed by atoms with Gasteiger partial charge in [0, 0.05) is 12.1 Å². The average Bonchev–Trinajstić information content (AvgIpc) is 2.96. The lowest BCUT2D eigenvalue weighted by atomic mass is 10.2. The Bertz CT molecular complexity index is 1790.